The standard InChI is InChI=1S/C16H15N5O5S2/c17-28(24,25)10-2-1-8(15-18-3-4-27-15)13-12(10)20-14(26-13)11-9-5-7(6-19-11)21(9)16(22)23/h1-4,7,9,11,19H,5-6H2,(H,22,23)(H2,17,24,25). The average Bonchev–Trinajstić information content (AvgIpc) is 3.29. The molecule has 4 N–H and O–H groups in total. The fourth-order valence-corrected chi connectivity index (χ4v) is 5.28. The number of benzene rings is 1. The van der Waals surface area contributed by atoms with Gasteiger partial charge in [-0.05, 0) is 18.6 Å². The molecule has 10 nitrogen and oxygen atoms in total. The summed E-state index contributed by atoms with van der Waals surface area (Å²) in [5, 5.41) is 20.5. The van der Waals surface area contributed by atoms with Crippen LogP contribution < -0.4 is 10.5 Å². The minimum Gasteiger partial charge on any atom is -0.465 e. The summed E-state index contributed by atoms with van der Waals surface area (Å²) in [7, 11) is -4.02. The van der Waals surface area contributed by atoms with E-state index in [1.54, 1.807) is 17.6 Å². The number of carboxylic acid groups (broad SMARTS) is 1. The van der Waals surface area contributed by atoms with Crippen LogP contribution >= 0.6 is 11.3 Å². The van der Waals surface area contributed by atoms with Crippen molar-refractivity contribution in [2.24, 2.45) is 5.14 Å². The van der Waals surface area contributed by atoms with Crippen molar-refractivity contribution in [3.05, 3.63) is 29.6 Å². The third kappa shape index (κ3) is 2.53. The number of nitrogens with zero attached hydrogens (tertiary/aromatic N) is 3. The van der Waals surface area contributed by atoms with Crippen molar-refractivity contribution in [2.45, 2.75) is 29.4 Å². The van der Waals surface area contributed by atoms with E-state index in [1.807, 2.05) is 0 Å². The van der Waals surface area contributed by atoms with E-state index in [-0.39, 0.29) is 34.0 Å². The smallest absolute Gasteiger partial charge is 0.407 e. The van der Waals surface area contributed by atoms with Gasteiger partial charge >= 0.3 is 6.09 Å². The van der Waals surface area contributed by atoms with Crippen LogP contribution in [-0.4, -0.2) is 53.1 Å². The summed E-state index contributed by atoms with van der Waals surface area (Å²) in [5.41, 5.74) is 0.991. The van der Waals surface area contributed by atoms with E-state index in [1.165, 1.54) is 22.3 Å². The van der Waals surface area contributed by atoms with Crippen LogP contribution in [-0.2, 0) is 10.0 Å². The number of carbonyl (C=O) groups is 1. The van der Waals surface area contributed by atoms with Gasteiger partial charge in [-0.25, -0.2) is 28.3 Å². The van der Waals surface area contributed by atoms with Crippen LogP contribution in [0.25, 0.3) is 21.7 Å². The van der Waals surface area contributed by atoms with Crippen LogP contribution in [0, 0.1) is 0 Å². The van der Waals surface area contributed by atoms with E-state index in [9.17, 15) is 18.3 Å². The maximum absolute atomic E-state index is 12.0. The van der Waals surface area contributed by atoms with Crippen molar-refractivity contribution < 1.29 is 22.7 Å². The zero-order valence-electron chi connectivity index (χ0n) is 14.3. The zero-order chi connectivity index (χ0) is 19.6. The number of hydrogen-bond donors (Lipinski definition) is 3. The first-order chi connectivity index (χ1) is 13.3. The Labute approximate surface area is 163 Å². The molecule has 28 heavy (non-hydrogen) atoms. The van der Waals surface area contributed by atoms with Crippen LogP contribution in [0.1, 0.15) is 18.4 Å². The van der Waals surface area contributed by atoms with Crippen molar-refractivity contribution in [3.63, 3.8) is 0 Å². The first-order valence-electron chi connectivity index (χ1n) is 8.45. The Kier molecular flexibility index (Phi) is 3.75. The van der Waals surface area contributed by atoms with Crippen LogP contribution in [0.4, 0.5) is 4.79 Å². The highest BCUT2D eigenvalue weighted by Gasteiger charge is 2.51. The molecule has 1 amide bonds. The number of rotatable bonds is 3. The van der Waals surface area contributed by atoms with Crippen LogP contribution in [0.5, 0.6) is 0 Å². The van der Waals surface area contributed by atoms with Gasteiger partial charge in [0.1, 0.15) is 21.5 Å². The second-order valence-electron chi connectivity index (χ2n) is 6.76. The largest absolute Gasteiger partial charge is 0.465 e. The summed E-state index contributed by atoms with van der Waals surface area (Å²) < 4.78 is 30.0. The lowest BCUT2D eigenvalue weighted by Crippen LogP contribution is -2.70. The Balaban J connectivity index is 1.67. The zero-order valence-corrected chi connectivity index (χ0v) is 15.9. The van der Waals surface area contributed by atoms with Crippen LogP contribution in [0.2, 0.25) is 0 Å². The molecule has 3 aliphatic rings. The first-order valence-corrected chi connectivity index (χ1v) is 10.9. The number of thiazole rings is 1. The highest BCUT2D eigenvalue weighted by molar-refractivity contribution is 7.89. The molecule has 2 bridgehead atoms. The lowest BCUT2D eigenvalue weighted by atomic mass is 9.83. The van der Waals surface area contributed by atoms with E-state index in [0.717, 1.165) is 0 Å². The maximum Gasteiger partial charge on any atom is 0.407 e. The number of oxazole rings is 1. The topological polar surface area (TPSA) is 152 Å². The average molecular weight is 421 g/mol. The number of fused-ring (bicyclic) bond motifs is 3. The molecule has 12 heteroatoms. The highest BCUT2D eigenvalue weighted by atomic mass is 32.2. The number of nitrogens with two attached hydrogens (primary N) is 1. The van der Waals surface area contributed by atoms with Crippen molar-refractivity contribution in [1.29, 1.82) is 0 Å². The first kappa shape index (κ1) is 17.6. The summed E-state index contributed by atoms with van der Waals surface area (Å²) >= 11 is 1.38. The molecule has 5 heterocycles. The lowest BCUT2D eigenvalue weighted by molar-refractivity contribution is -0.0311. The normalized spacial score (nSPS) is 24.3. The van der Waals surface area contributed by atoms with E-state index >= 15 is 0 Å². The van der Waals surface area contributed by atoms with Gasteiger partial charge in [-0.3, -0.25) is 4.90 Å². The van der Waals surface area contributed by atoms with Gasteiger partial charge in [0, 0.05) is 24.2 Å². The molecular formula is C16H15N5O5S2. The number of piperazine rings is 1. The van der Waals surface area contributed by atoms with Crippen molar-refractivity contribution in [1.82, 2.24) is 20.2 Å². The fraction of sp³-hybridized carbons (Fsp3) is 0.312. The van der Waals surface area contributed by atoms with Gasteiger partial charge in [0.15, 0.2) is 5.58 Å². The Bertz CT molecular complexity index is 1190. The number of aromatic nitrogens is 2. The van der Waals surface area contributed by atoms with Crippen molar-refractivity contribution >= 4 is 38.6 Å². The van der Waals surface area contributed by atoms with E-state index < -0.39 is 22.2 Å². The molecule has 2 aromatic heterocycles. The summed E-state index contributed by atoms with van der Waals surface area (Å²) in [6, 6.07) is 2.14. The molecule has 3 fully saturated rings. The fourth-order valence-electron chi connectivity index (χ4n) is 3.95. The van der Waals surface area contributed by atoms with E-state index in [4.69, 9.17) is 9.56 Å². The number of amides is 1. The second kappa shape index (κ2) is 5.98. The van der Waals surface area contributed by atoms with Gasteiger partial charge < -0.3 is 14.8 Å². The van der Waals surface area contributed by atoms with Gasteiger partial charge in [-0.1, -0.05) is 0 Å². The summed E-state index contributed by atoms with van der Waals surface area (Å²) in [5.74, 6) is 0.235. The number of nitrogens with one attached hydrogen (secondary N) is 1. The van der Waals surface area contributed by atoms with Gasteiger partial charge in [0.2, 0.25) is 15.9 Å². The molecule has 0 aliphatic carbocycles. The summed E-state index contributed by atoms with van der Waals surface area (Å²) in [6.07, 6.45) is 1.35. The van der Waals surface area contributed by atoms with Crippen LogP contribution in [0.15, 0.2) is 33.0 Å². The maximum atomic E-state index is 12.0. The second-order valence-corrected chi connectivity index (χ2v) is 9.18. The molecule has 6 rings (SSSR count). The molecule has 3 unspecified atom stereocenters. The predicted molar refractivity (Wildman–Crippen MR) is 99.3 cm³/mol. The minimum absolute atomic E-state index is 0.0611. The third-order valence-electron chi connectivity index (χ3n) is 5.20. The van der Waals surface area contributed by atoms with E-state index in [2.05, 4.69) is 15.3 Å². The van der Waals surface area contributed by atoms with Gasteiger partial charge in [-0.2, -0.15) is 0 Å². The predicted octanol–water partition coefficient (Wildman–Crippen LogP) is 1.36. The van der Waals surface area contributed by atoms with E-state index in [0.29, 0.717) is 23.5 Å². The van der Waals surface area contributed by atoms with Gasteiger partial charge in [0.05, 0.1) is 11.6 Å². The summed E-state index contributed by atoms with van der Waals surface area (Å²) in [4.78, 5) is 21.4. The quantitative estimate of drug-likeness (QED) is 0.573. The molecule has 0 radical (unpaired) electrons. The Morgan fingerprint density at radius 2 is 2.25 bits per heavy atom. The molecule has 3 aliphatic heterocycles. The Hall–Kier alpha value is -2.54. The monoisotopic (exact) mass is 421 g/mol. The number of piperidine rings is 1. The SMILES string of the molecule is NS(=O)(=O)c1ccc(-c2nccs2)c2oc(C3NCC4CC3N4C(=O)O)nc12. The minimum atomic E-state index is -4.02. The third-order valence-corrected chi connectivity index (χ3v) is 6.95. The molecule has 0 saturated carbocycles. The molecule has 3 saturated heterocycles. The van der Waals surface area contributed by atoms with Crippen molar-refractivity contribution in [3.8, 4) is 10.6 Å². The molecule has 0 spiro atoms. The number of hydrogen-bond acceptors (Lipinski definition) is 8. The molecule has 3 aromatic rings. The summed E-state index contributed by atoms with van der Waals surface area (Å²) in [6.45, 7) is 0.480. The molecular weight excluding hydrogens is 406 g/mol. The molecule has 146 valence electrons. The number of sulfonamides is 1. The highest BCUT2D eigenvalue weighted by Crippen LogP contribution is 2.41. The Morgan fingerprint density at radius 1 is 1.43 bits per heavy atom. The van der Waals surface area contributed by atoms with Crippen LogP contribution in [0.3, 0.4) is 0 Å². The van der Waals surface area contributed by atoms with Gasteiger partial charge in [0.25, 0.3) is 0 Å². The van der Waals surface area contributed by atoms with Crippen molar-refractivity contribution in [2.75, 3.05) is 6.54 Å². The van der Waals surface area contributed by atoms with Gasteiger partial charge in [-0.15, -0.1) is 11.3 Å². The molecule has 1 aromatic carbocycles. The number of primary sulfonamides is 1. The lowest BCUT2D eigenvalue weighted by Gasteiger charge is -2.54. The Morgan fingerprint density at radius 3 is 2.89 bits per heavy atom. The molecule has 3 atom stereocenters.